The fourth-order valence-corrected chi connectivity index (χ4v) is 3.80. The average Bonchev–Trinajstić information content (AvgIpc) is 2.29. The van der Waals surface area contributed by atoms with Crippen molar-refractivity contribution in [1.29, 1.82) is 0 Å². The van der Waals surface area contributed by atoms with E-state index < -0.39 is 16.1 Å². The summed E-state index contributed by atoms with van der Waals surface area (Å²) in [6.07, 6.45) is 3.82. The summed E-state index contributed by atoms with van der Waals surface area (Å²) in [5.41, 5.74) is 6.43. The molecule has 0 rings (SSSR count). The summed E-state index contributed by atoms with van der Waals surface area (Å²) >= 11 is 0. The van der Waals surface area contributed by atoms with Crippen LogP contribution in [0.4, 0.5) is 0 Å². The van der Waals surface area contributed by atoms with Gasteiger partial charge in [-0.3, -0.25) is 0 Å². The second kappa shape index (κ2) is 9.27. The van der Waals surface area contributed by atoms with Crippen LogP contribution >= 0.6 is 0 Å². The molecule has 0 heterocycles. The van der Waals surface area contributed by atoms with Crippen molar-refractivity contribution in [2.24, 2.45) is 0 Å². The number of hydrogen-bond acceptors (Lipinski definition) is 2. The molecule has 0 aliphatic carbocycles. The molecule has 0 aromatic rings. The molecule has 0 aromatic heterocycles. The maximum absolute atomic E-state index is 12.0. The van der Waals surface area contributed by atoms with E-state index in [1.807, 2.05) is 6.92 Å². The van der Waals surface area contributed by atoms with Gasteiger partial charge in [-0.05, 0) is 26.2 Å². The first-order valence-electron chi connectivity index (χ1n) is 7.94. The van der Waals surface area contributed by atoms with Gasteiger partial charge in [0.1, 0.15) is 8.07 Å². The van der Waals surface area contributed by atoms with Crippen molar-refractivity contribution in [2.75, 3.05) is 6.61 Å². The largest absolute Gasteiger partial charge is 0.463 e. The van der Waals surface area contributed by atoms with E-state index in [2.05, 4.69) is 56.4 Å². The maximum atomic E-state index is 12.0. The first-order valence-corrected chi connectivity index (χ1v) is 15.0. The summed E-state index contributed by atoms with van der Waals surface area (Å²) in [7, 11) is -2.64. The van der Waals surface area contributed by atoms with Crippen LogP contribution in [0.2, 0.25) is 39.3 Å². The van der Waals surface area contributed by atoms with Crippen molar-refractivity contribution in [1.82, 2.24) is 0 Å². The molecule has 0 aliphatic rings. The van der Waals surface area contributed by atoms with Gasteiger partial charge in [0.2, 0.25) is 0 Å². The minimum Gasteiger partial charge on any atom is -0.463 e. The number of carbonyl (C=O) groups excluding carboxylic acids is 1. The van der Waals surface area contributed by atoms with E-state index in [9.17, 15) is 4.79 Å². The van der Waals surface area contributed by atoms with Gasteiger partial charge in [0.15, 0.2) is 0 Å². The molecule has 0 aromatic carbocycles. The van der Waals surface area contributed by atoms with E-state index in [1.165, 1.54) is 0 Å². The Bertz CT molecular complexity index is 415. The summed E-state index contributed by atoms with van der Waals surface area (Å²) in [6.45, 7) is 15.8. The number of unbranched alkanes of at least 4 members (excludes halogenated alkanes) is 2. The lowest BCUT2D eigenvalue weighted by Gasteiger charge is -2.14. The monoisotopic (exact) mass is 324 g/mol. The Morgan fingerprint density at radius 2 is 1.71 bits per heavy atom. The summed E-state index contributed by atoms with van der Waals surface area (Å²) in [6, 6.07) is 0. The minimum atomic E-state index is -1.40. The molecule has 0 unspecified atom stereocenters. The molecular formula is C17H32O2Si2. The highest BCUT2D eigenvalue weighted by atomic mass is 28.3. The smallest absolute Gasteiger partial charge is 0.333 e. The second-order valence-corrected chi connectivity index (χ2v) is 17.3. The summed E-state index contributed by atoms with van der Waals surface area (Å²) in [5.74, 6) is 3.16. The first-order chi connectivity index (χ1) is 9.55. The van der Waals surface area contributed by atoms with Crippen LogP contribution < -0.4 is 0 Å². The van der Waals surface area contributed by atoms with Crippen LogP contribution in [-0.4, -0.2) is 28.7 Å². The van der Waals surface area contributed by atoms with Crippen molar-refractivity contribution in [2.45, 2.75) is 71.9 Å². The van der Waals surface area contributed by atoms with Crippen LogP contribution in [0.5, 0.6) is 0 Å². The van der Waals surface area contributed by atoms with Crippen molar-refractivity contribution in [3.63, 3.8) is 0 Å². The zero-order chi connectivity index (χ0) is 16.5. The Kier molecular flexibility index (Phi) is 8.92. The lowest BCUT2D eigenvalue weighted by atomic mass is 10.1. The Balaban J connectivity index is 4.41. The van der Waals surface area contributed by atoms with Crippen molar-refractivity contribution < 1.29 is 9.53 Å². The number of carbonyl (C=O) groups is 1. The number of ether oxygens (including phenoxy) is 1. The number of esters is 1. The third kappa shape index (κ3) is 12.6. The normalized spacial score (nSPS) is 12.6. The lowest BCUT2D eigenvalue weighted by Crippen LogP contribution is -2.20. The number of hydrogen-bond donors (Lipinski definition) is 0. The first kappa shape index (κ1) is 20.2. The summed E-state index contributed by atoms with van der Waals surface area (Å²) in [5, 5.41) is 0. The zero-order valence-electron chi connectivity index (χ0n) is 14.9. The molecule has 0 bridgehead atoms. The van der Waals surface area contributed by atoms with E-state index in [0.29, 0.717) is 6.61 Å². The molecule has 120 valence electrons. The van der Waals surface area contributed by atoms with Crippen molar-refractivity contribution >= 4 is 22.1 Å². The second-order valence-electron chi connectivity index (χ2n) is 7.51. The molecular weight excluding hydrogens is 292 g/mol. The molecule has 0 atom stereocenters. The van der Waals surface area contributed by atoms with Gasteiger partial charge < -0.3 is 4.74 Å². The Morgan fingerprint density at radius 1 is 1.10 bits per heavy atom. The van der Waals surface area contributed by atoms with Gasteiger partial charge in [-0.25, -0.2) is 4.79 Å². The van der Waals surface area contributed by atoms with E-state index in [-0.39, 0.29) is 5.97 Å². The molecule has 21 heavy (non-hydrogen) atoms. The van der Waals surface area contributed by atoms with Gasteiger partial charge in [-0.1, -0.05) is 45.0 Å². The average molecular weight is 325 g/mol. The van der Waals surface area contributed by atoms with Gasteiger partial charge in [0, 0.05) is 12.0 Å². The Morgan fingerprint density at radius 3 is 2.19 bits per heavy atom. The van der Waals surface area contributed by atoms with Crippen LogP contribution in [0, 0.1) is 11.5 Å². The van der Waals surface area contributed by atoms with E-state index >= 15 is 0 Å². The molecule has 0 saturated heterocycles. The predicted octanol–water partition coefficient (Wildman–Crippen LogP) is 4.79. The quantitative estimate of drug-likeness (QED) is 0.221. The third-order valence-corrected chi connectivity index (χ3v) is 4.75. The molecule has 0 spiro atoms. The van der Waals surface area contributed by atoms with Crippen LogP contribution in [0.3, 0.4) is 0 Å². The van der Waals surface area contributed by atoms with Gasteiger partial charge in [-0.15, -0.1) is 11.5 Å². The third-order valence-electron chi connectivity index (χ3n) is 2.61. The SMILES string of the molecule is CCOC(=O)/C(=C/[Si](C)(C)C)CCCCC#C[Si](C)(C)C. The Labute approximate surface area is 133 Å². The van der Waals surface area contributed by atoms with Crippen LogP contribution in [0.15, 0.2) is 11.3 Å². The molecule has 0 N–H and O–H groups in total. The van der Waals surface area contributed by atoms with Gasteiger partial charge in [0.25, 0.3) is 0 Å². The fraction of sp³-hybridized carbons (Fsp3) is 0.706. The summed E-state index contributed by atoms with van der Waals surface area (Å²) < 4.78 is 5.17. The van der Waals surface area contributed by atoms with Gasteiger partial charge in [0.05, 0.1) is 14.7 Å². The Hall–Kier alpha value is -0.796. The molecule has 0 fully saturated rings. The summed E-state index contributed by atoms with van der Waals surface area (Å²) in [4.78, 5) is 12.0. The van der Waals surface area contributed by atoms with E-state index in [0.717, 1.165) is 31.3 Å². The molecule has 0 saturated carbocycles. The topological polar surface area (TPSA) is 26.3 Å². The minimum absolute atomic E-state index is 0.131. The zero-order valence-corrected chi connectivity index (χ0v) is 16.9. The van der Waals surface area contributed by atoms with Crippen LogP contribution in [0.1, 0.15) is 32.6 Å². The highest BCUT2D eigenvalue weighted by molar-refractivity contribution is 6.83. The lowest BCUT2D eigenvalue weighted by molar-refractivity contribution is -0.138. The van der Waals surface area contributed by atoms with Crippen molar-refractivity contribution in [3.8, 4) is 11.5 Å². The molecule has 0 radical (unpaired) electrons. The predicted molar refractivity (Wildman–Crippen MR) is 97.7 cm³/mol. The maximum Gasteiger partial charge on any atom is 0.333 e. The van der Waals surface area contributed by atoms with E-state index in [4.69, 9.17) is 4.74 Å². The molecule has 4 heteroatoms. The van der Waals surface area contributed by atoms with Crippen LogP contribution in [-0.2, 0) is 9.53 Å². The van der Waals surface area contributed by atoms with Gasteiger partial charge >= 0.3 is 5.97 Å². The molecule has 0 amide bonds. The van der Waals surface area contributed by atoms with Crippen molar-refractivity contribution in [3.05, 3.63) is 11.3 Å². The van der Waals surface area contributed by atoms with E-state index in [1.54, 1.807) is 0 Å². The van der Waals surface area contributed by atoms with Gasteiger partial charge in [-0.2, -0.15) is 0 Å². The highest BCUT2D eigenvalue weighted by Gasteiger charge is 2.16. The number of rotatable bonds is 7. The highest BCUT2D eigenvalue weighted by Crippen LogP contribution is 2.15. The molecule has 0 aliphatic heterocycles. The molecule has 2 nitrogen and oxygen atoms in total. The fourth-order valence-electron chi connectivity index (χ4n) is 1.84. The van der Waals surface area contributed by atoms with Crippen LogP contribution in [0.25, 0.3) is 0 Å². The standard InChI is InChI=1S/C17H32O2Si2/c1-8-19-17(18)16(15-21(5,6)7)13-11-9-10-12-14-20(2,3)4/h15H,8-11,13H2,1-7H3/b16-15+.